The molecule has 0 fully saturated rings. The summed E-state index contributed by atoms with van der Waals surface area (Å²) >= 11 is 0. The molecule has 0 saturated carbocycles. The molecular weight excluding hydrogens is 395 g/mol. The lowest BCUT2D eigenvalue weighted by atomic mass is 9.90. The van der Waals surface area contributed by atoms with E-state index in [2.05, 4.69) is 58.3 Å². The monoisotopic (exact) mass is 418 g/mol. The Morgan fingerprint density at radius 1 is 0.913 bits per heavy atom. The maximum Gasteiger partial charge on any atom is 0.169 e. The lowest BCUT2D eigenvalue weighted by Crippen LogP contribution is -3.00. The molecule has 2 nitrogen and oxygen atoms in total. The summed E-state index contributed by atoms with van der Waals surface area (Å²) in [6.45, 7) is 2.49. The first-order chi connectivity index (χ1) is 10.8. The van der Waals surface area contributed by atoms with Gasteiger partial charge in [0.25, 0.3) is 0 Å². The zero-order valence-electron chi connectivity index (χ0n) is 13.6. The van der Waals surface area contributed by atoms with Gasteiger partial charge in [-0.3, -0.25) is 0 Å². The Labute approximate surface area is 155 Å². The van der Waals surface area contributed by atoms with E-state index in [1.54, 1.807) is 16.8 Å². The predicted octanol–water partition coefficient (Wildman–Crippen LogP) is 0.384. The van der Waals surface area contributed by atoms with Crippen molar-refractivity contribution < 1.29 is 28.5 Å². The molecule has 0 N–H and O–H groups in total. The van der Waals surface area contributed by atoms with Crippen molar-refractivity contribution in [3.8, 4) is 0 Å². The molecule has 0 saturated heterocycles. The SMILES string of the molecule is C[n+]1ccc(C=Cc2cc3c4c(c2)CCCN4CCC3)cc1.[I-]. The summed E-state index contributed by atoms with van der Waals surface area (Å²) in [5.41, 5.74) is 7.28. The molecular formula is C20H23IN2. The highest BCUT2D eigenvalue weighted by Gasteiger charge is 2.23. The minimum atomic E-state index is 0. The van der Waals surface area contributed by atoms with Gasteiger partial charge in [0.05, 0.1) is 0 Å². The molecule has 3 heteroatoms. The molecule has 23 heavy (non-hydrogen) atoms. The van der Waals surface area contributed by atoms with E-state index < -0.39 is 0 Å². The molecule has 2 aliphatic rings. The number of anilines is 1. The van der Waals surface area contributed by atoms with Gasteiger partial charge in [-0.1, -0.05) is 12.2 Å². The molecule has 120 valence electrons. The molecule has 1 aromatic heterocycles. The normalized spacial score (nSPS) is 16.1. The van der Waals surface area contributed by atoms with Gasteiger partial charge in [-0.2, -0.15) is 0 Å². The average molecular weight is 418 g/mol. The second-order valence-electron chi connectivity index (χ2n) is 6.51. The molecule has 0 spiro atoms. The van der Waals surface area contributed by atoms with Gasteiger partial charge in [0.15, 0.2) is 12.4 Å². The maximum atomic E-state index is 2.60. The Bertz CT molecular complexity index is 688. The van der Waals surface area contributed by atoms with Crippen LogP contribution in [0.15, 0.2) is 36.7 Å². The van der Waals surface area contributed by atoms with Crippen molar-refractivity contribution in [1.82, 2.24) is 0 Å². The third kappa shape index (κ3) is 3.44. The highest BCUT2D eigenvalue weighted by Crippen LogP contribution is 2.36. The number of aromatic nitrogens is 1. The lowest BCUT2D eigenvalue weighted by molar-refractivity contribution is -0.671. The van der Waals surface area contributed by atoms with Gasteiger partial charge in [-0.25, -0.2) is 4.57 Å². The minimum Gasteiger partial charge on any atom is -1.00 e. The topological polar surface area (TPSA) is 7.12 Å². The van der Waals surface area contributed by atoms with Gasteiger partial charge < -0.3 is 28.9 Å². The fourth-order valence-electron chi connectivity index (χ4n) is 3.74. The molecule has 0 amide bonds. The Morgan fingerprint density at radius 3 is 2.09 bits per heavy atom. The third-order valence-electron chi connectivity index (χ3n) is 4.83. The van der Waals surface area contributed by atoms with E-state index >= 15 is 0 Å². The largest absolute Gasteiger partial charge is 1.00 e. The number of nitrogens with zero attached hydrogens (tertiary/aromatic N) is 2. The molecule has 0 bridgehead atoms. The van der Waals surface area contributed by atoms with Gasteiger partial charge in [-0.15, -0.1) is 0 Å². The number of hydrogen-bond donors (Lipinski definition) is 0. The van der Waals surface area contributed by atoms with Crippen LogP contribution in [-0.2, 0) is 19.9 Å². The van der Waals surface area contributed by atoms with Crippen LogP contribution < -0.4 is 33.4 Å². The highest BCUT2D eigenvalue weighted by molar-refractivity contribution is 5.74. The predicted molar refractivity (Wildman–Crippen MR) is 91.8 cm³/mol. The smallest absolute Gasteiger partial charge is 0.169 e. The number of hydrogen-bond acceptors (Lipinski definition) is 1. The van der Waals surface area contributed by atoms with Crippen molar-refractivity contribution in [1.29, 1.82) is 0 Å². The van der Waals surface area contributed by atoms with Gasteiger partial charge in [0.2, 0.25) is 0 Å². The molecule has 1 aromatic carbocycles. The first-order valence-corrected chi connectivity index (χ1v) is 8.34. The maximum absolute atomic E-state index is 2.60. The Hall–Kier alpha value is -1.36. The second kappa shape index (κ2) is 7.04. The summed E-state index contributed by atoms with van der Waals surface area (Å²) in [6, 6.07) is 9.10. The summed E-state index contributed by atoms with van der Waals surface area (Å²) in [4.78, 5) is 2.60. The van der Waals surface area contributed by atoms with E-state index in [1.807, 2.05) is 7.05 Å². The van der Waals surface area contributed by atoms with Crippen LogP contribution in [0.2, 0.25) is 0 Å². The molecule has 0 aliphatic carbocycles. The number of rotatable bonds is 2. The number of aryl methyl sites for hydroxylation is 3. The summed E-state index contributed by atoms with van der Waals surface area (Å²) in [7, 11) is 2.05. The molecule has 0 atom stereocenters. The third-order valence-corrected chi connectivity index (χ3v) is 4.83. The number of pyridine rings is 1. The fraction of sp³-hybridized carbons (Fsp3) is 0.350. The van der Waals surface area contributed by atoms with Crippen molar-refractivity contribution in [3.05, 3.63) is 58.9 Å². The van der Waals surface area contributed by atoms with Crippen LogP contribution >= 0.6 is 0 Å². The van der Waals surface area contributed by atoms with E-state index in [0.29, 0.717) is 0 Å². The molecule has 2 aliphatic heterocycles. The Morgan fingerprint density at radius 2 is 1.48 bits per heavy atom. The van der Waals surface area contributed by atoms with Crippen molar-refractivity contribution in [2.75, 3.05) is 18.0 Å². The van der Waals surface area contributed by atoms with Crippen LogP contribution in [0.25, 0.3) is 12.2 Å². The second-order valence-corrected chi connectivity index (χ2v) is 6.51. The van der Waals surface area contributed by atoms with E-state index in [4.69, 9.17) is 0 Å². The summed E-state index contributed by atoms with van der Waals surface area (Å²) in [5, 5.41) is 0. The van der Waals surface area contributed by atoms with E-state index in [1.165, 1.54) is 49.9 Å². The quantitative estimate of drug-likeness (QED) is 0.506. The standard InChI is InChI=1S/C20H23N2.HI/c1-21-12-8-16(9-13-21)6-7-17-14-18-4-2-10-22-11-3-5-19(15-17)20(18)22;/h6-9,12-15H,2-5,10-11H2,1H3;1H/q+1;/p-1. The van der Waals surface area contributed by atoms with Crippen molar-refractivity contribution in [2.24, 2.45) is 7.05 Å². The zero-order valence-corrected chi connectivity index (χ0v) is 15.8. The molecule has 2 aromatic rings. The van der Waals surface area contributed by atoms with Gasteiger partial charge in [0.1, 0.15) is 7.05 Å². The molecule has 0 radical (unpaired) electrons. The average Bonchev–Trinajstić information content (AvgIpc) is 2.55. The minimum absolute atomic E-state index is 0. The van der Waals surface area contributed by atoms with Crippen LogP contribution in [0.3, 0.4) is 0 Å². The van der Waals surface area contributed by atoms with Crippen molar-refractivity contribution >= 4 is 17.8 Å². The Kier molecular flexibility index (Phi) is 5.05. The van der Waals surface area contributed by atoms with E-state index in [9.17, 15) is 0 Å². The summed E-state index contributed by atoms with van der Waals surface area (Å²) in [5.74, 6) is 0. The first-order valence-electron chi connectivity index (χ1n) is 8.34. The summed E-state index contributed by atoms with van der Waals surface area (Å²) < 4.78 is 2.06. The van der Waals surface area contributed by atoms with Crippen molar-refractivity contribution in [3.63, 3.8) is 0 Å². The van der Waals surface area contributed by atoms with Crippen LogP contribution in [0.5, 0.6) is 0 Å². The van der Waals surface area contributed by atoms with Crippen LogP contribution in [0.1, 0.15) is 35.1 Å². The summed E-state index contributed by atoms with van der Waals surface area (Å²) in [6.07, 6.45) is 13.7. The van der Waals surface area contributed by atoms with Gasteiger partial charge >= 0.3 is 0 Å². The highest BCUT2D eigenvalue weighted by atomic mass is 127. The van der Waals surface area contributed by atoms with Crippen LogP contribution in [0.4, 0.5) is 5.69 Å². The van der Waals surface area contributed by atoms with Gasteiger partial charge in [0, 0.05) is 30.9 Å². The van der Waals surface area contributed by atoms with Crippen molar-refractivity contribution in [2.45, 2.75) is 25.7 Å². The van der Waals surface area contributed by atoms with E-state index in [-0.39, 0.29) is 24.0 Å². The van der Waals surface area contributed by atoms with Crippen LogP contribution in [-0.4, -0.2) is 13.1 Å². The fourth-order valence-corrected chi connectivity index (χ4v) is 3.74. The number of halogens is 1. The zero-order chi connectivity index (χ0) is 14.9. The van der Waals surface area contributed by atoms with Gasteiger partial charge in [-0.05, 0) is 60.1 Å². The molecule has 4 rings (SSSR count). The Balaban J connectivity index is 0.00000156. The first kappa shape index (κ1) is 16.5. The number of benzene rings is 1. The molecule has 0 unspecified atom stereocenters. The van der Waals surface area contributed by atoms with Crippen LogP contribution in [0, 0.1) is 0 Å². The van der Waals surface area contributed by atoms with E-state index in [0.717, 1.165) is 0 Å². The molecule has 3 heterocycles. The lowest BCUT2D eigenvalue weighted by Gasteiger charge is -2.37.